The number of rotatable bonds is 12. The lowest BCUT2D eigenvalue weighted by molar-refractivity contribution is -0.142. The van der Waals surface area contributed by atoms with Crippen molar-refractivity contribution in [3.63, 3.8) is 0 Å². The summed E-state index contributed by atoms with van der Waals surface area (Å²) < 4.78 is 27.4. The number of carbonyl (C=O) groups is 3. The van der Waals surface area contributed by atoms with Gasteiger partial charge in [-0.15, -0.1) is 11.3 Å². The molecule has 1 saturated heterocycles. The Bertz CT molecular complexity index is 1680. The van der Waals surface area contributed by atoms with Crippen molar-refractivity contribution >= 4 is 45.0 Å². The average Bonchev–Trinajstić information content (AvgIpc) is 3.63. The van der Waals surface area contributed by atoms with Crippen molar-refractivity contribution in [3.8, 4) is 0 Å². The van der Waals surface area contributed by atoms with Gasteiger partial charge in [-0.3, -0.25) is 4.79 Å². The van der Waals surface area contributed by atoms with Gasteiger partial charge in [0.15, 0.2) is 0 Å². The smallest absolute Gasteiger partial charge is 0.326 e. The number of nitrogens with zero attached hydrogens (tertiary/aromatic N) is 1. The summed E-state index contributed by atoms with van der Waals surface area (Å²) in [4.78, 5) is 37.9. The molecule has 1 aromatic heterocycles. The van der Waals surface area contributed by atoms with Crippen molar-refractivity contribution < 1.29 is 27.9 Å². The van der Waals surface area contributed by atoms with Crippen molar-refractivity contribution in [2.24, 2.45) is 5.92 Å². The summed E-state index contributed by atoms with van der Waals surface area (Å²) in [5.41, 5.74) is 3.35. The van der Waals surface area contributed by atoms with Crippen LogP contribution < -0.4 is 16.0 Å². The monoisotopic (exact) mass is 660 g/mol. The van der Waals surface area contributed by atoms with E-state index in [1.54, 1.807) is 35.7 Å². The number of carboxylic acid groups (broad SMARTS) is 1. The number of hydrogen-bond acceptors (Lipinski definition) is 6. The topological polar surface area (TPSA) is 145 Å². The first-order chi connectivity index (χ1) is 22.2. The number of carboxylic acids is 1. The molecule has 240 valence electrons. The minimum absolute atomic E-state index is 0.00171. The highest BCUT2D eigenvalue weighted by molar-refractivity contribution is 7.91. The molecule has 1 unspecified atom stereocenters. The Labute approximate surface area is 272 Å². The van der Waals surface area contributed by atoms with Gasteiger partial charge in [-0.2, -0.15) is 4.31 Å². The molecule has 0 bridgehead atoms. The van der Waals surface area contributed by atoms with Gasteiger partial charge in [-0.25, -0.2) is 18.0 Å². The molecular formula is C34H36N4O6S2. The Morgan fingerprint density at radius 3 is 2.13 bits per heavy atom. The van der Waals surface area contributed by atoms with Crippen LogP contribution in [0, 0.1) is 5.92 Å². The summed E-state index contributed by atoms with van der Waals surface area (Å²) in [5.74, 6) is -2.36. The number of nitrogens with one attached hydrogen (secondary N) is 3. The van der Waals surface area contributed by atoms with Gasteiger partial charge in [0.25, 0.3) is 10.0 Å². The molecule has 3 amide bonds. The Morgan fingerprint density at radius 1 is 0.891 bits per heavy atom. The summed E-state index contributed by atoms with van der Waals surface area (Å²) in [7, 11) is -3.70. The number of urea groups is 1. The van der Waals surface area contributed by atoms with Gasteiger partial charge in [0, 0.05) is 37.7 Å². The highest BCUT2D eigenvalue weighted by atomic mass is 32.2. The normalized spacial score (nSPS) is 16.0. The predicted molar refractivity (Wildman–Crippen MR) is 177 cm³/mol. The largest absolute Gasteiger partial charge is 0.480 e. The Balaban J connectivity index is 1.15. The first kappa shape index (κ1) is 32.9. The second-order valence-electron chi connectivity index (χ2n) is 11.1. The zero-order valence-corrected chi connectivity index (χ0v) is 26.7. The van der Waals surface area contributed by atoms with Crippen LogP contribution in [-0.2, 0) is 26.0 Å². The average molecular weight is 661 g/mol. The lowest BCUT2D eigenvalue weighted by atomic mass is 9.91. The third kappa shape index (κ3) is 8.39. The van der Waals surface area contributed by atoms with Crippen molar-refractivity contribution in [3.05, 3.63) is 119 Å². The minimum atomic E-state index is -3.70. The number of benzene rings is 3. The molecule has 0 radical (unpaired) electrons. The number of anilines is 1. The van der Waals surface area contributed by atoms with Gasteiger partial charge in [-0.05, 0) is 53.1 Å². The fourth-order valence-corrected chi connectivity index (χ4v) is 8.20. The third-order valence-corrected chi connectivity index (χ3v) is 11.2. The molecule has 1 aliphatic heterocycles. The van der Waals surface area contributed by atoms with Crippen LogP contribution in [-0.4, -0.2) is 61.4 Å². The Hall–Kier alpha value is -4.52. The van der Waals surface area contributed by atoms with Crippen molar-refractivity contribution in [2.75, 3.05) is 25.0 Å². The number of aliphatic carboxylic acids is 1. The second-order valence-corrected chi connectivity index (χ2v) is 14.3. The van der Waals surface area contributed by atoms with E-state index in [9.17, 15) is 27.9 Å². The first-order valence-electron chi connectivity index (χ1n) is 15.0. The summed E-state index contributed by atoms with van der Waals surface area (Å²) in [6, 6.07) is 28.3. The van der Waals surface area contributed by atoms with Crippen LogP contribution in [0.4, 0.5) is 10.5 Å². The summed E-state index contributed by atoms with van der Waals surface area (Å²) in [6.07, 6.45) is 0.990. The standard InChI is InChI=1S/C34H36N4O6S2/c39-32(27-13-7-19-38(23-27)46(43,44)31-14-8-20-45-31)37-30(33(40)41)21-24-15-17-28(18-16-24)36-34(42)35-22-29(25-9-3-1-4-10-25)26-11-5-2-6-12-26/h1-6,8-12,14-18,20,27,29-30H,7,13,19,21-23H2,(H,37,39)(H,40,41)(H2,35,36,42)/t27?,30-/m0/s1. The molecule has 12 heteroatoms. The molecule has 10 nitrogen and oxygen atoms in total. The molecular weight excluding hydrogens is 625 g/mol. The second kappa shape index (κ2) is 15.2. The first-order valence-corrected chi connectivity index (χ1v) is 17.3. The molecule has 5 rings (SSSR count). The molecule has 3 aromatic carbocycles. The lowest BCUT2D eigenvalue weighted by Gasteiger charge is -2.31. The molecule has 4 N–H and O–H groups in total. The van der Waals surface area contributed by atoms with E-state index >= 15 is 0 Å². The minimum Gasteiger partial charge on any atom is -0.480 e. The van der Waals surface area contributed by atoms with E-state index in [2.05, 4.69) is 16.0 Å². The van der Waals surface area contributed by atoms with E-state index in [-0.39, 0.29) is 29.1 Å². The molecule has 0 aliphatic carbocycles. The maximum atomic E-state index is 13.1. The highest BCUT2D eigenvalue weighted by Crippen LogP contribution is 2.27. The van der Waals surface area contributed by atoms with Gasteiger partial charge in [-0.1, -0.05) is 78.9 Å². The molecule has 1 fully saturated rings. The molecule has 0 saturated carbocycles. The van der Waals surface area contributed by atoms with E-state index in [0.29, 0.717) is 37.2 Å². The van der Waals surface area contributed by atoms with E-state index < -0.39 is 33.9 Å². The van der Waals surface area contributed by atoms with E-state index in [1.165, 1.54) is 10.4 Å². The number of sulfonamides is 1. The molecule has 4 aromatic rings. The summed E-state index contributed by atoms with van der Waals surface area (Å²) >= 11 is 1.12. The van der Waals surface area contributed by atoms with Gasteiger partial charge >= 0.3 is 12.0 Å². The van der Waals surface area contributed by atoms with Crippen LogP contribution in [0.5, 0.6) is 0 Å². The third-order valence-electron chi connectivity index (χ3n) is 7.98. The maximum Gasteiger partial charge on any atom is 0.326 e. The number of amides is 3. The van der Waals surface area contributed by atoms with Crippen LogP contribution in [0.2, 0.25) is 0 Å². The van der Waals surface area contributed by atoms with Crippen LogP contribution in [0.1, 0.15) is 35.4 Å². The molecule has 1 aliphatic rings. The van der Waals surface area contributed by atoms with Crippen molar-refractivity contribution in [1.82, 2.24) is 14.9 Å². The summed E-state index contributed by atoms with van der Waals surface area (Å²) in [5, 5.41) is 19.9. The fourth-order valence-electron chi connectivity index (χ4n) is 5.53. The van der Waals surface area contributed by atoms with Gasteiger partial charge < -0.3 is 21.1 Å². The SMILES string of the molecule is O=C(NCC(c1ccccc1)c1ccccc1)Nc1ccc(C[C@H](NC(=O)C2CCCN(S(=O)(=O)c3cccs3)C2)C(=O)O)cc1. The Kier molecular flexibility index (Phi) is 10.8. The zero-order valence-electron chi connectivity index (χ0n) is 25.0. The van der Waals surface area contributed by atoms with Crippen LogP contribution in [0.25, 0.3) is 0 Å². The quantitative estimate of drug-likeness (QED) is 0.170. The Morgan fingerprint density at radius 2 is 1.54 bits per heavy atom. The molecule has 2 atom stereocenters. The van der Waals surface area contributed by atoms with Gasteiger partial charge in [0.05, 0.1) is 5.92 Å². The number of carbonyl (C=O) groups excluding carboxylic acids is 2. The fraction of sp³-hybridized carbons (Fsp3) is 0.265. The van der Waals surface area contributed by atoms with E-state index in [4.69, 9.17) is 0 Å². The maximum absolute atomic E-state index is 13.1. The number of thiophene rings is 1. The van der Waals surface area contributed by atoms with E-state index in [0.717, 1.165) is 22.5 Å². The lowest BCUT2D eigenvalue weighted by Crippen LogP contribution is -2.49. The van der Waals surface area contributed by atoms with Crippen LogP contribution in [0.15, 0.2) is 107 Å². The zero-order chi connectivity index (χ0) is 32.5. The molecule has 46 heavy (non-hydrogen) atoms. The number of hydrogen-bond donors (Lipinski definition) is 4. The molecule has 2 heterocycles. The van der Waals surface area contributed by atoms with Crippen LogP contribution >= 0.6 is 11.3 Å². The van der Waals surface area contributed by atoms with Crippen molar-refractivity contribution in [2.45, 2.75) is 35.4 Å². The highest BCUT2D eigenvalue weighted by Gasteiger charge is 2.35. The van der Waals surface area contributed by atoms with Gasteiger partial charge in [0.1, 0.15) is 10.3 Å². The predicted octanol–water partition coefficient (Wildman–Crippen LogP) is 4.91. The summed E-state index contributed by atoms with van der Waals surface area (Å²) in [6.45, 7) is 0.695. The molecule has 0 spiro atoms. The van der Waals surface area contributed by atoms with Crippen LogP contribution in [0.3, 0.4) is 0 Å². The number of piperidine rings is 1. The van der Waals surface area contributed by atoms with E-state index in [1.807, 2.05) is 60.7 Å². The van der Waals surface area contributed by atoms with Crippen molar-refractivity contribution in [1.29, 1.82) is 0 Å². The van der Waals surface area contributed by atoms with Gasteiger partial charge in [0.2, 0.25) is 5.91 Å².